The number of carbonyl (C=O) groups is 1. The number of carbonyl (C=O) groups excluding carboxylic acids is 1. The number of piperidine rings is 1. The van der Waals surface area contributed by atoms with Crippen LogP contribution < -0.4 is 0 Å². The zero-order valence-electron chi connectivity index (χ0n) is 11.6. The van der Waals surface area contributed by atoms with Crippen molar-refractivity contribution in [3.05, 3.63) is 0 Å². The van der Waals surface area contributed by atoms with Crippen LogP contribution in [0.15, 0.2) is 0 Å². The van der Waals surface area contributed by atoms with Gasteiger partial charge in [0.1, 0.15) is 0 Å². The van der Waals surface area contributed by atoms with Crippen molar-refractivity contribution in [1.29, 1.82) is 0 Å². The predicted molar refractivity (Wildman–Crippen MR) is 71.3 cm³/mol. The quantitative estimate of drug-likeness (QED) is 0.820. The first-order valence-electron chi connectivity index (χ1n) is 7.34. The van der Waals surface area contributed by atoms with E-state index in [0.717, 1.165) is 51.9 Å². The molecule has 18 heavy (non-hydrogen) atoms. The Balaban J connectivity index is 1.92. The fourth-order valence-corrected chi connectivity index (χ4v) is 3.16. The monoisotopic (exact) mass is 254 g/mol. The fraction of sp³-hybridized carbons (Fsp3) is 0.929. The van der Waals surface area contributed by atoms with Gasteiger partial charge in [-0.2, -0.15) is 0 Å². The summed E-state index contributed by atoms with van der Waals surface area (Å²) < 4.78 is 0. The van der Waals surface area contributed by atoms with Gasteiger partial charge < -0.3 is 10.0 Å². The van der Waals surface area contributed by atoms with Crippen LogP contribution in [0.5, 0.6) is 0 Å². The van der Waals surface area contributed by atoms with E-state index in [2.05, 4.69) is 11.8 Å². The molecule has 0 aliphatic carbocycles. The van der Waals surface area contributed by atoms with Gasteiger partial charge >= 0.3 is 0 Å². The van der Waals surface area contributed by atoms with Crippen molar-refractivity contribution in [3.63, 3.8) is 0 Å². The van der Waals surface area contributed by atoms with Gasteiger partial charge in [-0.15, -0.1) is 0 Å². The number of aliphatic hydroxyl groups is 1. The molecule has 1 amide bonds. The van der Waals surface area contributed by atoms with Crippen LogP contribution in [0.1, 0.15) is 39.5 Å². The van der Waals surface area contributed by atoms with E-state index in [1.807, 2.05) is 11.8 Å². The molecule has 2 saturated heterocycles. The molecular formula is C14H26N2O2. The molecule has 0 saturated carbocycles. The van der Waals surface area contributed by atoms with Crippen LogP contribution >= 0.6 is 0 Å². The Bertz CT molecular complexity index is 290. The van der Waals surface area contributed by atoms with E-state index in [4.69, 9.17) is 0 Å². The Hall–Kier alpha value is -0.610. The third-order valence-corrected chi connectivity index (χ3v) is 4.57. The zero-order chi connectivity index (χ0) is 13.1. The van der Waals surface area contributed by atoms with Crippen LogP contribution in [0, 0.1) is 5.92 Å². The van der Waals surface area contributed by atoms with Crippen molar-refractivity contribution in [1.82, 2.24) is 9.80 Å². The summed E-state index contributed by atoms with van der Waals surface area (Å²) in [7, 11) is 0. The van der Waals surface area contributed by atoms with Gasteiger partial charge in [0.2, 0.25) is 5.91 Å². The molecule has 0 spiro atoms. The second-order valence-corrected chi connectivity index (χ2v) is 5.73. The number of hydrogen-bond donors (Lipinski definition) is 1. The Morgan fingerprint density at radius 1 is 1.33 bits per heavy atom. The van der Waals surface area contributed by atoms with E-state index in [0.29, 0.717) is 5.92 Å². The summed E-state index contributed by atoms with van der Waals surface area (Å²) in [5.74, 6) is 0.603. The molecule has 3 unspecified atom stereocenters. The van der Waals surface area contributed by atoms with Crippen molar-refractivity contribution in [3.8, 4) is 0 Å². The molecule has 2 heterocycles. The van der Waals surface area contributed by atoms with Crippen molar-refractivity contribution < 1.29 is 9.90 Å². The Labute approximate surface area is 110 Å². The maximum Gasteiger partial charge on any atom is 0.239 e. The molecule has 0 radical (unpaired) electrons. The minimum Gasteiger partial charge on any atom is -0.393 e. The molecule has 0 bridgehead atoms. The molecule has 0 aromatic rings. The van der Waals surface area contributed by atoms with Crippen molar-refractivity contribution in [2.75, 3.05) is 26.2 Å². The molecule has 2 aliphatic heterocycles. The standard InChI is InChI=1S/C14H26N2O2/c1-3-12-10-16(9-6-13(12)17)11(2)14(18)15-7-4-5-8-15/h11-13,17H,3-10H2,1-2H3. The summed E-state index contributed by atoms with van der Waals surface area (Å²) in [6.07, 6.45) is 3.91. The van der Waals surface area contributed by atoms with Crippen molar-refractivity contribution in [2.45, 2.75) is 51.7 Å². The van der Waals surface area contributed by atoms with E-state index < -0.39 is 0 Å². The fourth-order valence-electron chi connectivity index (χ4n) is 3.16. The largest absolute Gasteiger partial charge is 0.393 e. The molecule has 4 nitrogen and oxygen atoms in total. The number of rotatable bonds is 3. The number of hydrogen-bond acceptors (Lipinski definition) is 3. The first kappa shape index (κ1) is 13.8. The summed E-state index contributed by atoms with van der Waals surface area (Å²) in [4.78, 5) is 16.6. The van der Waals surface area contributed by atoms with Gasteiger partial charge in [0.25, 0.3) is 0 Å². The molecule has 0 aromatic carbocycles. The van der Waals surface area contributed by atoms with Gasteiger partial charge in [-0.3, -0.25) is 9.69 Å². The second-order valence-electron chi connectivity index (χ2n) is 5.73. The van der Waals surface area contributed by atoms with E-state index >= 15 is 0 Å². The lowest BCUT2D eigenvalue weighted by Gasteiger charge is -2.39. The average Bonchev–Trinajstić information content (AvgIpc) is 2.91. The normalized spacial score (nSPS) is 31.6. The van der Waals surface area contributed by atoms with E-state index in [1.165, 1.54) is 0 Å². The van der Waals surface area contributed by atoms with Crippen LogP contribution in [0.4, 0.5) is 0 Å². The first-order valence-corrected chi connectivity index (χ1v) is 7.34. The van der Waals surface area contributed by atoms with Gasteiger partial charge in [-0.25, -0.2) is 0 Å². The molecule has 3 atom stereocenters. The zero-order valence-corrected chi connectivity index (χ0v) is 11.6. The smallest absolute Gasteiger partial charge is 0.239 e. The lowest BCUT2D eigenvalue weighted by atomic mass is 9.91. The first-order chi connectivity index (χ1) is 8.63. The minimum atomic E-state index is -0.180. The topological polar surface area (TPSA) is 43.8 Å². The number of likely N-dealkylation sites (tertiary alicyclic amines) is 2. The van der Waals surface area contributed by atoms with Crippen LogP contribution in [0.3, 0.4) is 0 Å². The van der Waals surface area contributed by atoms with Gasteiger partial charge in [0.05, 0.1) is 12.1 Å². The van der Waals surface area contributed by atoms with E-state index in [1.54, 1.807) is 0 Å². The lowest BCUT2D eigenvalue weighted by molar-refractivity contribution is -0.137. The average molecular weight is 254 g/mol. The highest BCUT2D eigenvalue weighted by Crippen LogP contribution is 2.23. The molecule has 2 rings (SSSR count). The Kier molecular flexibility index (Phi) is 4.62. The summed E-state index contributed by atoms with van der Waals surface area (Å²) in [6, 6.07) is -0.0235. The minimum absolute atomic E-state index is 0.0235. The number of aliphatic hydroxyl groups excluding tert-OH is 1. The van der Waals surface area contributed by atoms with Crippen molar-refractivity contribution >= 4 is 5.91 Å². The maximum atomic E-state index is 12.3. The molecule has 1 N–H and O–H groups in total. The highest BCUT2D eigenvalue weighted by Gasteiger charge is 2.33. The second kappa shape index (κ2) is 6.02. The Morgan fingerprint density at radius 2 is 2.00 bits per heavy atom. The summed E-state index contributed by atoms with van der Waals surface area (Å²) in [5.41, 5.74) is 0. The summed E-state index contributed by atoms with van der Waals surface area (Å²) in [6.45, 7) is 7.69. The maximum absolute atomic E-state index is 12.3. The summed E-state index contributed by atoms with van der Waals surface area (Å²) in [5, 5.41) is 9.90. The van der Waals surface area contributed by atoms with E-state index in [9.17, 15) is 9.90 Å². The molecule has 2 aliphatic rings. The molecule has 0 aromatic heterocycles. The van der Waals surface area contributed by atoms with Crippen LogP contribution in [0.25, 0.3) is 0 Å². The number of nitrogens with zero attached hydrogens (tertiary/aromatic N) is 2. The van der Waals surface area contributed by atoms with Crippen molar-refractivity contribution in [2.24, 2.45) is 5.92 Å². The highest BCUT2D eigenvalue weighted by molar-refractivity contribution is 5.81. The lowest BCUT2D eigenvalue weighted by Crippen LogP contribution is -2.52. The molecule has 104 valence electrons. The van der Waals surface area contributed by atoms with Gasteiger partial charge in [-0.05, 0) is 38.5 Å². The number of amides is 1. The van der Waals surface area contributed by atoms with E-state index in [-0.39, 0.29) is 18.1 Å². The molecule has 2 fully saturated rings. The highest BCUT2D eigenvalue weighted by atomic mass is 16.3. The van der Waals surface area contributed by atoms with Gasteiger partial charge in [0, 0.05) is 26.2 Å². The SMILES string of the molecule is CCC1CN(C(C)C(=O)N2CCCC2)CCC1O. The summed E-state index contributed by atoms with van der Waals surface area (Å²) >= 11 is 0. The van der Waals surface area contributed by atoms with Crippen LogP contribution in [0.2, 0.25) is 0 Å². The predicted octanol–water partition coefficient (Wildman–Crippen LogP) is 1.09. The molecule has 4 heteroatoms. The van der Waals surface area contributed by atoms with Gasteiger partial charge in [-0.1, -0.05) is 6.92 Å². The Morgan fingerprint density at radius 3 is 2.61 bits per heavy atom. The van der Waals surface area contributed by atoms with Gasteiger partial charge in [0.15, 0.2) is 0 Å². The third kappa shape index (κ3) is 2.86. The van der Waals surface area contributed by atoms with Crippen LogP contribution in [-0.4, -0.2) is 59.1 Å². The van der Waals surface area contributed by atoms with Crippen LogP contribution in [-0.2, 0) is 4.79 Å². The third-order valence-electron chi connectivity index (χ3n) is 4.57. The molecular weight excluding hydrogens is 228 g/mol.